The van der Waals surface area contributed by atoms with Crippen LogP contribution in [0.5, 0.6) is 5.75 Å². The average molecular weight is 564 g/mol. The highest BCUT2D eigenvalue weighted by atomic mass is 79.9. The van der Waals surface area contributed by atoms with E-state index in [2.05, 4.69) is 31.6 Å². The van der Waals surface area contributed by atoms with Gasteiger partial charge in [-0.25, -0.2) is 5.43 Å². The Hall–Kier alpha value is -3.36. The Bertz CT molecular complexity index is 1360. The number of benzene rings is 3. The summed E-state index contributed by atoms with van der Waals surface area (Å²) in [7, 11) is 1.65. The number of hydrazone groups is 1. The third kappa shape index (κ3) is 6.25. The van der Waals surface area contributed by atoms with Crippen molar-refractivity contribution in [1.82, 2.24) is 15.2 Å². The molecule has 0 bridgehead atoms. The smallest absolute Gasteiger partial charge is 0.258 e. The maximum Gasteiger partial charge on any atom is 0.258 e. The number of carbonyl (C=O) groups excluding carboxylic acids is 1. The number of nitrogens with one attached hydrogen (secondary N) is 1. The molecule has 1 aromatic heterocycles. The number of hydrogen-bond donors (Lipinski definition) is 1. The monoisotopic (exact) mass is 562 g/mol. The summed E-state index contributed by atoms with van der Waals surface area (Å²) in [4.78, 5) is 14.2. The van der Waals surface area contributed by atoms with Crippen molar-refractivity contribution >= 4 is 39.8 Å². The first kappa shape index (κ1) is 25.7. The van der Waals surface area contributed by atoms with Gasteiger partial charge >= 0.3 is 0 Å². The molecule has 6 nitrogen and oxygen atoms in total. The van der Waals surface area contributed by atoms with Gasteiger partial charge in [0.25, 0.3) is 5.91 Å². The van der Waals surface area contributed by atoms with Crippen molar-refractivity contribution in [2.45, 2.75) is 30.5 Å². The van der Waals surface area contributed by atoms with Crippen LogP contribution in [0.3, 0.4) is 0 Å². The maximum atomic E-state index is 13.1. The van der Waals surface area contributed by atoms with Crippen molar-refractivity contribution in [3.05, 3.63) is 111 Å². The normalized spacial score (nSPS) is 12.0. The molecule has 1 atom stereocenters. The van der Waals surface area contributed by atoms with E-state index in [1.165, 1.54) is 11.8 Å². The second-order valence-corrected chi connectivity index (χ2v) is 10.1. The Morgan fingerprint density at radius 3 is 2.44 bits per heavy atom. The van der Waals surface area contributed by atoms with E-state index in [4.69, 9.17) is 4.74 Å². The van der Waals surface area contributed by atoms with Crippen LogP contribution in [0.15, 0.2) is 93.3 Å². The fourth-order valence-electron chi connectivity index (χ4n) is 3.76. The van der Waals surface area contributed by atoms with Crippen LogP contribution in [0.2, 0.25) is 0 Å². The third-order valence-electron chi connectivity index (χ3n) is 5.64. The molecule has 1 heterocycles. The molecule has 4 rings (SSSR count). The van der Waals surface area contributed by atoms with Gasteiger partial charge in [0.1, 0.15) is 11.0 Å². The summed E-state index contributed by atoms with van der Waals surface area (Å²) in [6, 6.07) is 25.4. The lowest BCUT2D eigenvalue weighted by Crippen LogP contribution is -2.23. The number of nitrogens with zero attached hydrogens (tertiary/aromatic N) is 3. The number of aryl methyl sites for hydroxylation is 1. The molecular formula is C28H27BrN4O2S. The summed E-state index contributed by atoms with van der Waals surface area (Å²) in [6.07, 6.45) is 1.65. The first-order valence-electron chi connectivity index (χ1n) is 11.4. The van der Waals surface area contributed by atoms with Crippen LogP contribution < -0.4 is 10.2 Å². The lowest BCUT2D eigenvalue weighted by molar-refractivity contribution is -0.120. The molecule has 0 fully saturated rings. The molecule has 0 saturated carbocycles. The molecule has 3 aromatic carbocycles. The molecule has 0 aliphatic rings. The molecule has 0 spiro atoms. The van der Waals surface area contributed by atoms with Crippen molar-refractivity contribution in [2.75, 3.05) is 7.11 Å². The van der Waals surface area contributed by atoms with Gasteiger partial charge in [-0.05, 0) is 71.2 Å². The molecule has 1 N–H and O–H groups in total. The zero-order valence-electron chi connectivity index (χ0n) is 20.3. The Labute approximate surface area is 223 Å². The van der Waals surface area contributed by atoms with Crippen LogP contribution in [0.1, 0.15) is 33.3 Å². The molecular weight excluding hydrogens is 536 g/mol. The third-order valence-corrected chi connectivity index (χ3v) is 8.06. The van der Waals surface area contributed by atoms with E-state index in [-0.39, 0.29) is 5.91 Å². The standard InChI is InChI=1S/C28H27BrN4O2S/c1-19-26(29)20(2)33(32-19)18-23-16-21(14-15-25(23)35-3)17-30-31-28(34)27(22-10-6-4-7-11-22)36-24-12-8-5-9-13-24/h4-17,27H,18H2,1-3H3,(H,31,34)/b30-17+. The summed E-state index contributed by atoms with van der Waals surface area (Å²) in [5, 5.41) is 8.43. The Morgan fingerprint density at radius 1 is 1.11 bits per heavy atom. The zero-order chi connectivity index (χ0) is 25.5. The van der Waals surface area contributed by atoms with Crippen LogP contribution in [0.25, 0.3) is 0 Å². The molecule has 1 unspecified atom stereocenters. The van der Waals surface area contributed by atoms with Crippen LogP contribution in [-0.4, -0.2) is 29.0 Å². The second kappa shape index (κ2) is 12.1. The first-order valence-corrected chi connectivity index (χ1v) is 13.1. The Kier molecular flexibility index (Phi) is 8.61. The number of amides is 1. The van der Waals surface area contributed by atoms with Gasteiger partial charge in [-0.15, -0.1) is 11.8 Å². The van der Waals surface area contributed by atoms with Gasteiger partial charge in [0.15, 0.2) is 0 Å². The minimum Gasteiger partial charge on any atom is -0.496 e. The summed E-state index contributed by atoms with van der Waals surface area (Å²) < 4.78 is 8.50. The SMILES string of the molecule is COc1ccc(/C=N/NC(=O)C(Sc2ccccc2)c2ccccc2)cc1Cn1nc(C)c(Br)c1C. The molecule has 0 aliphatic carbocycles. The van der Waals surface area contributed by atoms with Gasteiger partial charge in [-0.2, -0.15) is 10.2 Å². The lowest BCUT2D eigenvalue weighted by atomic mass is 10.1. The van der Waals surface area contributed by atoms with Crippen LogP contribution in [0, 0.1) is 13.8 Å². The van der Waals surface area contributed by atoms with E-state index in [9.17, 15) is 4.79 Å². The number of hydrogen-bond acceptors (Lipinski definition) is 5. The summed E-state index contributed by atoms with van der Waals surface area (Å²) in [5.41, 5.74) is 7.44. The number of carbonyl (C=O) groups is 1. The fraction of sp³-hybridized carbons (Fsp3) is 0.179. The molecule has 0 radical (unpaired) electrons. The van der Waals surface area contributed by atoms with Gasteiger partial charge in [-0.3, -0.25) is 9.48 Å². The number of ether oxygens (including phenoxy) is 1. The molecule has 1 amide bonds. The van der Waals surface area contributed by atoms with Gasteiger partial charge in [-0.1, -0.05) is 48.5 Å². The average Bonchev–Trinajstić information content (AvgIpc) is 3.14. The van der Waals surface area contributed by atoms with E-state index in [0.717, 1.165) is 43.2 Å². The molecule has 184 valence electrons. The maximum absolute atomic E-state index is 13.1. The van der Waals surface area contributed by atoms with Crippen molar-refractivity contribution in [3.63, 3.8) is 0 Å². The Morgan fingerprint density at radius 2 is 1.81 bits per heavy atom. The van der Waals surface area contributed by atoms with Crippen LogP contribution >= 0.6 is 27.7 Å². The molecule has 4 aromatic rings. The lowest BCUT2D eigenvalue weighted by Gasteiger charge is -2.15. The summed E-state index contributed by atoms with van der Waals surface area (Å²) in [6.45, 7) is 4.54. The van der Waals surface area contributed by atoms with E-state index < -0.39 is 5.25 Å². The van der Waals surface area contributed by atoms with Gasteiger partial charge in [0, 0.05) is 10.5 Å². The van der Waals surface area contributed by atoms with E-state index in [0.29, 0.717) is 6.54 Å². The van der Waals surface area contributed by atoms with Crippen molar-refractivity contribution < 1.29 is 9.53 Å². The van der Waals surface area contributed by atoms with Crippen LogP contribution in [0.4, 0.5) is 0 Å². The molecule has 8 heteroatoms. The fourth-order valence-corrected chi connectivity index (χ4v) is 5.08. The molecule has 36 heavy (non-hydrogen) atoms. The van der Waals surface area contributed by atoms with E-state index in [1.54, 1.807) is 13.3 Å². The highest BCUT2D eigenvalue weighted by Crippen LogP contribution is 2.35. The predicted octanol–water partition coefficient (Wildman–Crippen LogP) is 6.30. The van der Waals surface area contributed by atoms with Gasteiger partial charge in [0.05, 0.1) is 35.7 Å². The first-order chi connectivity index (χ1) is 17.5. The topological polar surface area (TPSA) is 68.5 Å². The van der Waals surface area contributed by atoms with Crippen LogP contribution in [-0.2, 0) is 11.3 Å². The van der Waals surface area contributed by atoms with Crippen molar-refractivity contribution in [1.29, 1.82) is 0 Å². The van der Waals surface area contributed by atoms with E-state index in [1.807, 2.05) is 97.4 Å². The zero-order valence-corrected chi connectivity index (χ0v) is 22.7. The number of rotatable bonds is 9. The van der Waals surface area contributed by atoms with Crippen molar-refractivity contribution in [2.24, 2.45) is 5.10 Å². The quantitative estimate of drug-likeness (QED) is 0.147. The van der Waals surface area contributed by atoms with Gasteiger partial charge in [0.2, 0.25) is 0 Å². The number of methoxy groups -OCH3 is 1. The predicted molar refractivity (Wildman–Crippen MR) is 149 cm³/mol. The highest BCUT2D eigenvalue weighted by molar-refractivity contribution is 9.10. The number of thioether (sulfide) groups is 1. The van der Waals surface area contributed by atoms with E-state index >= 15 is 0 Å². The van der Waals surface area contributed by atoms with Gasteiger partial charge < -0.3 is 4.74 Å². The summed E-state index contributed by atoms with van der Waals surface area (Å²) >= 11 is 5.08. The molecule has 0 aliphatic heterocycles. The number of halogens is 1. The number of aromatic nitrogens is 2. The largest absolute Gasteiger partial charge is 0.496 e. The summed E-state index contributed by atoms with van der Waals surface area (Å²) in [5.74, 6) is 0.579. The minimum atomic E-state index is -0.429. The Balaban J connectivity index is 1.50. The molecule has 0 saturated heterocycles. The second-order valence-electron chi connectivity index (χ2n) is 8.17. The van der Waals surface area contributed by atoms with Crippen molar-refractivity contribution in [3.8, 4) is 5.75 Å². The minimum absolute atomic E-state index is 0.187. The highest BCUT2D eigenvalue weighted by Gasteiger charge is 2.21.